The molecule has 1 aromatic heterocycles. The van der Waals surface area contributed by atoms with Gasteiger partial charge in [-0.15, -0.1) is 0 Å². The SMILES string of the molecule is O=C(O)CCCNc1nc(C2CCCC2)ns1. The summed E-state index contributed by atoms with van der Waals surface area (Å²) in [5, 5.41) is 12.4. The van der Waals surface area contributed by atoms with Gasteiger partial charge in [-0.3, -0.25) is 4.79 Å². The molecule has 0 aromatic carbocycles. The number of nitrogens with zero attached hydrogens (tertiary/aromatic N) is 2. The third-order valence-corrected chi connectivity index (χ3v) is 3.69. The van der Waals surface area contributed by atoms with Gasteiger partial charge in [0.1, 0.15) is 5.82 Å². The fourth-order valence-corrected chi connectivity index (χ4v) is 2.76. The summed E-state index contributed by atoms with van der Waals surface area (Å²) < 4.78 is 4.36. The fourth-order valence-electron chi connectivity index (χ4n) is 2.09. The second-order valence-electron chi connectivity index (χ2n) is 4.36. The van der Waals surface area contributed by atoms with E-state index in [0.717, 1.165) is 11.0 Å². The van der Waals surface area contributed by atoms with Crippen LogP contribution in [0.3, 0.4) is 0 Å². The van der Waals surface area contributed by atoms with Gasteiger partial charge in [-0.25, -0.2) is 4.98 Å². The summed E-state index contributed by atoms with van der Waals surface area (Å²) in [6.45, 7) is 0.644. The van der Waals surface area contributed by atoms with Crippen molar-refractivity contribution in [1.29, 1.82) is 0 Å². The number of carboxylic acid groups (broad SMARTS) is 1. The van der Waals surface area contributed by atoms with Gasteiger partial charge in [-0.05, 0) is 19.3 Å². The van der Waals surface area contributed by atoms with Crippen LogP contribution in [0.5, 0.6) is 0 Å². The first kappa shape index (κ1) is 12.3. The number of carboxylic acids is 1. The Morgan fingerprint density at radius 3 is 2.94 bits per heavy atom. The van der Waals surface area contributed by atoms with E-state index < -0.39 is 5.97 Å². The predicted octanol–water partition coefficient (Wildman–Crippen LogP) is 2.47. The quantitative estimate of drug-likeness (QED) is 0.764. The summed E-state index contributed by atoms with van der Waals surface area (Å²) in [6.07, 6.45) is 5.79. The van der Waals surface area contributed by atoms with Gasteiger partial charge in [-0.2, -0.15) is 4.37 Å². The van der Waals surface area contributed by atoms with Gasteiger partial charge in [0.05, 0.1) is 0 Å². The van der Waals surface area contributed by atoms with Gasteiger partial charge >= 0.3 is 5.97 Å². The van der Waals surface area contributed by atoms with E-state index in [1.165, 1.54) is 37.2 Å². The average molecular weight is 255 g/mol. The molecule has 1 fully saturated rings. The minimum Gasteiger partial charge on any atom is -0.481 e. The molecule has 0 atom stereocenters. The molecule has 94 valence electrons. The van der Waals surface area contributed by atoms with E-state index in [-0.39, 0.29) is 6.42 Å². The maximum atomic E-state index is 10.3. The third kappa shape index (κ3) is 3.66. The largest absolute Gasteiger partial charge is 0.481 e. The van der Waals surface area contributed by atoms with Gasteiger partial charge in [0.2, 0.25) is 5.13 Å². The molecule has 0 radical (unpaired) electrons. The maximum Gasteiger partial charge on any atom is 0.303 e. The van der Waals surface area contributed by atoms with Crippen molar-refractivity contribution in [3.8, 4) is 0 Å². The zero-order valence-electron chi connectivity index (χ0n) is 9.69. The fraction of sp³-hybridized carbons (Fsp3) is 0.727. The first-order valence-electron chi connectivity index (χ1n) is 6.05. The van der Waals surface area contributed by atoms with E-state index in [1.54, 1.807) is 0 Å². The predicted molar refractivity (Wildman–Crippen MR) is 66.5 cm³/mol. The van der Waals surface area contributed by atoms with E-state index in [0.29, 0.717) is 18.9 Å². The lowest BCUT2D eigenvalue weighted by molar-refractivity contribution is -0.137. The average Bonchev–Trinajstić information content (AvgIpc) is 2.94. The first-order chi connectivity index (χ1) is 8.25. The third-order valence-electron chi connectivity index (χ3n) is 3.01. The molecule has 0 spiro atoms. The molecule has 6 heteroatoms. The number of aliphatic carboxylic acids is 1. The molecule has 1 heterocycles. The smallest absolute Gasteiger partial charge is 0.303 e. The Kier molecular flexibility index (Phi) is 4.30. The molecular formula is C11H17N3O2S. The van der Waals surface area contributed by atoms with Gasteiger partial charge in [-0.1, -0.05) is 12.8 Å². The van der Waals surface area contributed by atoms with E-state index in [2.05, 4.69) is 14.7 Å². The molecule has 0 aliphatic heterocycles. The van der Waals surface area contributed by atoms with Crippen molar-refractivity contribution in [1.82, 2.24) is 9.36 Å². The van der Waals surface area contributed by atoms with Crippen molar-refractivity contribution < 1.29 is 9.90 Å². The standard InChI is InChI=1S/C11H17N3O2S/c15-9(16)6-3-7-12-11-13-10(14-17-11)8-4-1-2-5-8/h8H,1-7H2,(H,15,16)(H,12,13,14). The summed E-state index contributed by atoms with van der Waals surface area (Å²) in [5.74, 6) is 0.754. The summed E-state index contributed by atoms with van der Waals surface area (Å²) in [6, 6.07) is 0. The van der Waals surface area contributed by atoms with E-state index in [4.69, 9.17) is 5.11 Å². The monoisotopic (exact) mass is 255 g/mol. The maximum absolute atomic E-state index is 10.3. The van der Waals surface area contributed by atoms with Crippen LogP contribution < -0.4 is 5.32 Å². The lowest BCUT2D eigenvalue weighted by Crippen LogP contribution is -2.04. The Balaban J connectivity index is 1.75. The molecule has 1 saturated carbocycles. The minimum atomic E-state index is -0.754. The molecule has 17 heavy (non-hydrogen) atoms. The van der Waals surface area contributed by atoms with Crippen molar-refractivity contribution in [3.05, 3.63) is 5.82 Å². The van der Waals surface area contributed by atoms with Crippen LogP contribution in [0.2, 0.25) is 0 Å². The Hall–Kier alpha value is -1.17. The molecule has 1 aliphatic carbocycles. The molecule has 1 aromatic rings. The van der Waals surface area contributed by atoms with E-state index in [1.807, 2.05) is 0 Å². The Morgan fingerprint density at radius 1 is 1.47 bits per heavy atom. The molecule has 5 nitrogen and oxygen atoms in total. The molecule has 0 unspecified atom stereocenters. The normalized spacial score (nSPS) is 16.2. The van der Waals surface area contributed by atoms with Crippen LogP contribution in [-0.4, -0.2) is 27.0 Å². The van der Waals surface area contributed by atoms with Gasteiger partial charge < -0.3 is 10.4 Å². The lowest BCUT2D eigenvalue weighted by atomic mass is 10.1. The molecular weight excluding hydrogens is 238 g/mol. The molecule has 2 rings (SSSR count). The van der Waals surface area contributed by atoms with E-state index in [9.17, 15) is 4.79 Å². The first-order valence-corrected chi connectivity index (χ1v) is 6.82. The van der Waals surface area contributed by atoms with Crippen LogP contribution in [-0.2, 0) is 4.79 Å². The van der Waals surface area contributed by atoms with Crippen molar-refractivity contribution in [3.63, 3.8) is 0 Å². The van der Waals surface area contributed by atoms with Crippen molar-refractivity contribution in [2.45, 2.75) is 44.4 Å². The number of nitrogens with one attached hydrogen (secondary N) is 1. The number of rotatable bonds is 6. The zero-order chi connectivity index (χ0) is 12.1. The summed E-state index contributed by atoms with van der Waals surface area (Å²) in [5.41, 5.74) is 0. The topological polar surface area (TPSA) is 75.1 Å². The van der Waals surface area contributed by atoms with Crippen LogP contribution in [0.15, 0.2) is 0 Å². The number of hydrogen-bond acceptors (Lipinski definition) is 5. The Labute approximate surface area is 104 Å². The Bertz CT molecular complexity index is 375. The van der Waals surface area contributed by atoms with Crippen LogP contribution in [0.1, 0.15) is 50.3 Å². The summed E-state index contributed by atoms with van der Waals surface area (Å²) in [7, 11) is 0. The van der Waals surface area contributed by atoms with Crippen LogP contribution in [0, 0.1) is 0 Å². The number of anilines is 1. The summed E-state index contributed by atoms with van der Waals surface area (Å²) in [4.78, 5) is 14.8. The van der Waals surface area contributed by atoms with E-state index >= 15 is 0 Å². The molecule has 0 saturated heterocycles. The number of aromatic nitrogens is 2. The zero-order valence-corrected chi connectivity index (χ0v) is 10.5. The number of carbonyl (C=O) groups is 1. The molecule has 0 amide bonds. The van der Waals surface area contributed by atoms with Crippen molar-refractivity contribution in [2.24, 2.45) is 0 Å². The highest BCUT2D eigenvalue weighted by Gasteiger charge is 2.21. The van der Waals surface area contributed by atoms with Crippen molar-refractivity contribution in [2.75, 3.05) is 11.9 Å². The second kappa shape index (κ2) is 5.95. The lowest BCUT2D eigenvalue weighted by Gasteiger charge is -2.02. The van der Waals surface area contributed by atoms with Gasteiger partial charge in [0.25, 0.3) is 0 Å². The Morgan fingerprint density at radius 2 is 2.24 bits per heavy atom. The highest BCUT2D eigenvalue weighted by Crippen LogP contribution is 2.33. The number of hydrogen-bond donors (Lipinski definition) is 2. The van der Waals surface area contributed by atoms with Crippen LogP contribution >= 0.6 is 11.5 Å². The summed E-state index contributed by atoms with van der Waals surface area (Å²) >= 11 is 1.38. The second-order valence-corrected chi connectivity index (χ2v) is 5.12. The van der Waals surface area contributed by atoms with Crippen LogP contribution in [0.4, 0.5) is 5.13 Å². The molecule has 1 aliphatic rings. The molecule has 0 bridgehead atoms. The van der Waals surface area contributed by atoms with Gasteiger partial charge in [0, 0.05) is 30.4 Å². The van der Waals surface area contributed by atoms with Crippen molar-refractivity contribution >= 4 is 22.6 Å². The van der Waals surface area contributed by atoms with Crippen LogP contribution in [0.25, 0.3) is 0 Å². The highest BCUT2D eigenvalue weighted by molar-refractivity contribution is 7.09. The van der Waals surface area contributed by atoms with Gasteiger partial charge in [0.15, 0.2) is 0 Å². The minimum absolute atomic E-state index is 0.196. The highest BCUT2D eigenvalue weighted by atomic mass is 32.1. The molecule has 2 N–H and O–H groups in total.